The predicted molar refractivity (Wildman–Crippen MR) is 56.1 cm³/mol. The predicted octanol–water partition coefficient (Wildman–Crippen LogP) is 2.72. The number of unbranched alkanes of at least 4 members (excludes halogenated alkanes) is 1. The smallest absolute Gasteiger partial charge is 0.119 e. The van der Waals surface area contributed by atoms with Crippen LogP contribution in [0.15, 0.2) is 24.3 Å². The topological polar surface area (TPSA) is 21.3 Å². The molecule has 0 amide bonds. The minimum Gasteiger partial charge on any atom is -0.497 e. The van der Waals surface area contributed by atoms with Crippen LogP contribution in [0.1, 0.15) is 12.8 Å². The molecule has 1 N–H and O–H groups in total. The molecule has 0 aliphatic carbocycles. The van der Waals surface area contributed by atoms with Crippen molar-refractivity contribution in [2.24, 2.45) is 0 Å². The van der Waals surface area contributed by atoms with Gasteiger partial charge < -0.3 is 10.1 Å². The number of rotatable bonds is 5. The molecule has 1 aromatic rings. The van der Waals surface area contributed by atoms with E-state index in [1.54, 1.807) is 7.11 Å². The SMILES string of the molecule is [CH2]CCCNc1ccc(OC)cc1. The molecule has 0 saturated heterocycles. The van der Waals surface area contributed by atoms with Crippen molar-refractivity contribution >= 4 is 5.69 Å². The van der Waals surface area contributed by atoms with Gasteiger partial charge in [0.15, 0.2) is 0 Å². The second-order valence-corrected chi connectivity index (χ2v) is 2.86. The van der Waals surface area contributed by atoms with E-state index in [2.05, 4.69) is 12.2 Å². The van der Waals surface area contributed by atoms with Gasteiger partial charge in [0.1, 0.15) is 5.75 Å². The molecule has 71 valence electrons. The van der Waals surface area contributed by atoms with Crippen LogP contribution in [0.4, 0.5) is 5.69 Å². The van der Waals surface area contributed by atoms with Crippen LogP contribution < -0.4 is 10.1 Å². The number of methoxy groups -OCH3 is 1. The lowest BCUT2D eigenvalue weighted by Gasteiger charge is -2.05. The second-order valence-electron chi connectivity index (χ2n) is 2.86. The Balaban J connectivity index is 2.40. The maximum atomic E-state index is 5.06. The number of hydrogen-bond acceptors (Lipinski definition) is 2. The molecule has 0 saturated carbocycles. The summed E-state index contributed by atoms with van der Waals surface area (Å²) in [5, 5.41) is 3.30. The molecule has 0 bridgehead atoms. The third-order valence-electron chi connectivity index (χ3n) is 1.85. The van der Waals surface area contributed by atoms with Crippen LogP contribution in [0.2, 0.25) is 0 Å². The van der Waals surface area contributed by atoms with Gasteiger partial charge in [0.2, 0.25) is 0 Å². The summed E-state index contributed by atoms with van der Waals surface area (Å²) in [5.74, 6) is 0.891. The van der Waals surface area contributed by atoms with Crippen LogP contribution in [0.5, 0.6) is 5.75 Å². The molecule has 2 nitrogen and oxygen atoms in total. The van der Waals surface area contributed by atoms with Crippen molar-refractivity contribution in [3.05, 3.63) is 31.2 Å². The first-order valence-corrected chi connectivity index (χ1v) is 4.54. The van der Waals surface area contributed by atoms with E-state index < -0.39 is 0 Å². The van der Waals surface area contributed by atoms with Crippen LogP contribution in [0.25, 0.3) is 0 Å². The Kier molecular flexibility index (Phi) is 4.16. The number of nitrogens with one attached hydrogen (secondary N) is 1. The van der Waals surface area contributed by atoms with Gasteiger partial charge in [-0.25, -0.2) is 0 Å². The van der Waals surface area contributed by atoms with Crippen molar-refractivity contribution in [1.29, 1.82) is 0 Å². The van der Waals surface area contributed by atoms with Crippen molar-refractivity contribution in [1.82, 2.24) is 0 Å². The summed E-state index contributed by atoms with van der Waals surface area (Å²) in [6.07, 6.45) is 2.08. The molecule has 0 atom stereocenters. The van der Waals surface area contributed by atoms with Crippen LogP contribution in [0.3, 0.4) is 0 Å². The zero-order valence-corrected chi connectivity index (χ0v) is 8.05. The highest BCUT2D eigenvalue weighted by atomic mass is 16.5. The summed E-state index contributed by atoms with van der Waals surface area (Å²) in [6, 6.07) is 7.93. The van der Waals surface area contributed by atoms with Gasteiger partial charge in [-0.05, 0) is 30.7 Å². The van der Waals surface area contributed by atoms with Gasteiger partial charge in [0.25, 0.3) is 0 Å². The van der Waals surface area contributed by atoms with Gasteiger partial charge >= 0.3 is 0 Å². The molecule has 0 heterocycles. The standard InChI is InChI=1S/C11H16NO/c1-3-4-9-12-10-5-7-11(13-2)8-6-10/h5-8,12H,1,3-4,9H2,2H3. The Morgan fingerprint density at radius 2 is 2.00 bits per heavy atom. The summed E-state index contributed by atoms with van der Waals surface area (Å²) in [6.45, 7) is 4.77. The van der Waals surface area contributed by atoms with E-state index in [0.717, 1.165) is 30.8 Å². The summed E-state index contributed by atoms with van der Waals surface area (Å²) in [7, 11) is 1.67. The Labute approximate surface area is 79.9 Å². The lowest BCUT2D eigenvalue weighted by Crippen LogP contribution is -2.00. The molecule has 0 fully saturated rings. The Morgan fingerprint density at radius 3 is 2.54 bits per heavy atom. The van der Waals surface area contributed by atoms with Gasteiger partial charge in [0.05, 0.1) is 7.11 Å². The highest BCUT2D eigenvalue weighted by Crippen LogP contribution is 2.14. The maximum absolute atomic E-state index is 5.06. The zero-order valence-electron chi connectivity index (χ0n) is 8.05. The minimum absolute atomic E-state index is 0.891. The van der Waals surface area contributed by atoms with Gasteiger partial charge in [-0.3, -0.25) is 0 Å². The first-order valence-electron chi connectivity index (χ1n) is 4.54. The van der Waals surface area contributed by atoms with E-state index in [1.807, 2.05) is 24.3 Å². The molecule has 13 heavy (non-hydrogen) atoms. The van der Waals surface area contributed by atoms with Crippen molar-refractivity contribution in [3.63, 3.8) is 0 Å². The summed E-state index contributed by atoms with van der Waals surface area (Å²) in [5.41, 5.74) is 1.13. The molecule has 0 unspecified atom stereocenters. The van der Waals surface area contributed by atoms with E-state index in [4.69, 9.17) is 4.74 Å². The maximum Gasteiger partial charge on any atom is 0.119 e. The summed E-state index contributed by atoms with van der Waals surface area (Å²) in [4.78, 5) is 0. The largest absolute Gasteiger partial charge is 0.497 e. The van der Waals surface area contributed by atoms with Crippen molar-refractivity contribution in [2.45, 2.75) is 12.8 Å². The van der Waals surface area contributed by atoms with E-state index in [9.17, 15) is 0 Å². The molecule has 0 spiro atoms. The van der Waals surface area contributed by atoms with Crippen molar-refractivity contribution in [2.75, 3.05) is 19.0 Å². The van der Waals surface area contributed by atoms with Crippen LogP contribution in [0, 0.1) is 6.92 Å². The number of ether oxygens (including phenoxy) is 1. The van der Waals surface area contributed by atoms with E-state index in [0.29, 0.717) is 0 Å². The molecule has 2 heteroatoms. The van der Waals surface area contributed by atoms with Crippen LogP contribution in [-0.4, -0.2) is 13.7 Å². The Bertz CT molecular complexity index is 230. The molecule has 0 aromatic heterocycles. The lowest BCUT2D eigenvalue weighted by atomic mass is 10.3. The van der Waals surface area contributed by atoms with Crippen LogP contribution >= 0.6 is 0 Å². The van der Waals surface area contributed by atoms with Crippen LogP contribution in [-0.2, 0) is 0 Å². The zero-order chi connectivity index (χ0) is 9.52. The van der Waals surface area contributed by atoms with E-state index in [-0.39, 0.29) is 0 Å². The third-order valence-corrected chi connectivity index (χ3v) is 1.85. The van der Waals surface area contributed by atoms with Crippen molar-refractivity contribution in [3.8, 4) is 5.75 Å². The molecule has 1 aromatic carbocycles. The molecule has 0 aliphatic heterocycles. The fourth-order valence-corrected chi connectivity index (χ4v) is 1.07. The molecular weight excluding hydrogens is 162 g/mol. The fourth-order valence-electron chi connectivity index (χ4n) is 1.07. The van der Waals surface area contributed by atoms with Gasteiger partial charge in [-0.1, -0.05) is 13.3 Å². The van der Waals surface area contributed by atoms with Crippen molar-refractivity contribution < 1.29 is 4.74 Å². The minimum atomic E-state index is 0.891. The lowest BCUT2D eigenvalue weighted by molar-refractivity contribution is 0.415. The first-order chi connectivity index (χ1) is 6.36. The average Bonchev–Trinajstić information content (AvgIpc) is 2.19. The quantitative estimate of drug-likeness (QED) is 0.700. The molecule has 0 aliphatic rings. The first kappa shape index (κ1) is 9.90. The van der Waals surface area contributed by atoms with Gasteiger partial charge in [0, 0.05) is 12.2 Å². The Hall–Kier alpha value is -1.18. The molecule has 1 rings (SSSR count). The van der Waals surface area contributed by atoms with E-state index >= 15 is 0 Å². The normalized spacial score (nSPS) is 9.69. The van der Waals surface area contributed by atoms with Gasteiger partial charge in [-0.2, -0.15) is 0 Å². The number of hydrogen-bond donors (Lipinski definition) is 1. The van der Waals surface area contributed by atoms with E-state index in [1.165, 1.54) is 0 Å². The summed E-state index contributed by atoms with van der Waals surface area (Å²) >= 11 is 0. The fraction of sp³-hybridized carbons (Fsp3) is 0.364. The highest BCUT2D eigenvalue weighted by Gasteiger charge is 1.91. The highest BCUT2D eigenvalue weighted by molar-refractivity contribution is 5.46. The molecular formula is C11H16NO. The van der Waals surface area contributed by atoms with Gasteiger partial charge in [-0.15, -0.1) is 0 Å². The summed E-state index contributed by atoms with van der Waals surface area (Å²) < 4.78 is 5.06. The average molecular weight is 178 g/mol. The third kappa shape index (κ3) is 3.36. The monoisotopic (exact) mass is 178 g/mol. The number of benzene rings is 1. The Morgan fingerprint density at radius 1 is 1.31 bits per heavy atom. The second kappa shape index (κ2) is 5.46. The molecule has 1 radical (unpaired) electrons. The number of anilines is 1.